The van der Waals surface area contributed by atoms with Gasteiger partial charge in [-0.25, -0.2) is 0 Å². The van der Waals surface area contributed by atoms with Crippen LogP contribution in [0, 0.1) is 25.2 Å². The zero-order valence-electron chi connectivity index (χ0n) is 14.6. The maximum Gasteiger partial charge on any atom is 0.266 e. The van der Waals surface area contributed by atoms with Gasteiger partial charge in [0.25, 0.3) is 5.56 Å². The third-order valence-corrected chi connectivity index (χ3v) is 4.40. The largest absolute Gasteiger partial charge is 0.325 e. The average molecular weight is 346 g/mol. The van der Waals surface area contributed by atoms with E-state index in [1.54, 1.807) is 20.0 Å². The molecule has 2 aromatic heterocycles. The van der Waals surface area contributed by atoms with Gasteiger partial charge in [0, 0.05) is 17.5 Å². The van der Waals surface area contributed by atoms with Gasteiger partial charge in [-0.3, -0.25) is 14.6 Å². The summed E-state index contributed by atoms with van der Waals surface area (Å²) in [6, 6.07) is 11.5. The predicted octanol–water partition coefficient (Wildman–Crippen LogP) is 2.98. The molecule has 0 bridgehead atoms. The van der Waals surface area contributed by atoms with Crippen molar-refractivity contribution in [3.05, 3.63) is 69.3 Å². The smallest absolute Gasteiger partial charge is 0.266 e. The topological polar surface area (TPSA) is 98.6 Å². The van der Waals surface area contributed by atoms with Gasteiger partial charge < -0.3 is 10.3 Å². The first kappa shape index (κ1) is 17.4. The summed E-state index contributed by atoms with van der Waals surface area (Å²) in [5.41, 5.74) is 3.37. The van der Waals surface area contributed by atoms with Gasteiger partial charge >= 0.3 is 0 Å². The highest BCUT2D eigenvalue weighted by Gasteiger charge is 2.13. The van der Waals surface area contributed by atoms with Gasteiger partial charge in [0.1, 0.15) is 11.6 Å². The van der Waals surface area contributed by atoms with Crippen molar-refractivity contribution in [2.24, 2.45) is 0 Å². The van der Waals surface area contributed by atoms with E-state index < -0.39 is 5.56 Å². The number of hydrogen-bond donors (Lipinski definition) is 2. The lowest BCUT2D eigenvalue weighted by Crippen LogP contribution is -2.18. The molecule has 130 valence electrons. The SMILES string of the molecule is Cc1[nH]c(=O)c(C#N)c(C)c1CCC(=O)Nc1cnc2ccccc2c1. The number of pyridine rings is 2. The maximum absolute atomic E-state index is 12.3. The van der Waals surface area contributed by atoms with Crippen LogP contribution in [0.2, 0.25) is 0 Å². The molecule has 26 heavy (non-hydrogen) atoms. The summed E-state index contributed by atoms with van der Waals surface area (Å²) in [5.74, 6) is -0.148. The number of H-pyrrole nitrogens is 1. The molecule has 0 unspecified atom stereocenters. The molecule has 2 heterocycles. The summed E-state index contributed by atoms with van der Waals surface area (Å²) < 4.78 is 0. The first-order valence-corrected chi connectivity index (χ1v) is 8.26. The molecule has 0 aliphatic carbocycles. The Morgan fingerprint density at radius 1 is 1.31 bits per heavy atom. The van der Waals surface area contributed by atoms with E-state index >= 15 is 0 Å². The van der Waals surface area contributed by atoms with Crippen molar-refractivity contribution >= 4 is 22.5 Å². The van der Waals surface area contributed by atoms with Gasteiger partial charge in [-0.1, -0.05) is 18.2 Å². The predicted molar refractivity (Wildman–Crippen MR) is 99.9 cm³/mol. The highest BCUT2D eigenvalue weighted by molar-refractivity contribution is 5.93. The number of carbonyl (C=O) groups excluding carboxylic acids is 1. The molecular weight excluding hydrogens is 328 g/mol. The number of benzene rings is 1. The number of aromatic nitrogens is 2. The fraction of sp³-hybridized carbons (Fsp3) is 0.200. The second kappa shape index (κ2) is 7.19. The van der Waals surface area contributed by atoms with E-state index in [0.29, 0.717) is 23.4 Å². The highest BCUT2D eigenvalue weighted by atomic mass is 16.1. The maximum atomic E-state index is 12.3. The molecule has 0 saturated heterocycles. The summed E-state index contributed by atoms with van der Waals surface area (Å²) in [6.45, 7) is 3.51. The van der Waals surface area contributed by atoms with Crippen molar-refractivity contribution in [3.8, 4) is 6.07 Å². The normalized spacial score (nSPS) is 10.5. The first-order chi connectivity index (χ1) is 12.5. The molecule has 6 heteroatoms. The molecule has 0 saturated carbocycles. The second-order valence-corrected chi connectivity index (χ2v) is 6.13. The Bertz CT molecular complexity index is 1090. The fourth-order valence-electron chi connectivity index (χ4n) is 3.02. The van der Waals surface area contributed by atoms with E-state index in [0.717, 1.165) is 16.5 Å². The number of nitrogens with one attached hydrogen (secondary N) is 2. The van der Waals surface area contributed by atoms with Crippen LogP contribution >= 0.6 is 0 Å². The minimum Gasteiger partial charge on any atom is -0.325 e. The fourth-order valence-corrected chi connectivity index (χ4v) is 3.02. The van der Waals surface area contributed by atoms with Crippen LogP contribution in [-0.4, -0.2) is 15.9 Å². The summed E-state index contributed by atoms with van der Waals surface area (Å²) >= 11 is 0. The third kappa shape index (κ3) is 3.47. The molecule has 0 fully saturated rings. The van der Waals surface area contributed by atoms with E-state index in [4.69, 9.17) is 5.26 Å². The van der Waals surface area contributed by atoms with Crippen LogP contribution in [-0.2, 0) is 11.2 Å². The Labute approximate surface area is 150 Å². The number of aryl methyl sites for hydroxylation is 1. The van der Waals surface area contributed by atoms with Gasteiger partial charge in [-0.2, -0.15) is 5.26 Å². The van der Waals surface area contributed by atoms with Gasteiger partial charge in [0.2, 0.25) is 5.91 Å². The van der Waals surface area contributed by atoms with E-state index in [1.165, 1.54) is 0 Å². The molecule has 1 aromatic carbocycles. The average Bonchev–Trinajstić information content (AvgIpc) is 2.61. The van der Waals surface area contributed by atoms with E-state index in [9.17, 15) is 9.59 Å². The molecule has 0 spiro atoms. The minimum absolute atomic E-state index is 0.102. The lowest BCUT2D eigenvalue weighted by atomic mass is 9.99. The van der Waals surface area contributed by atoms with Crippen molar-refractivity contribution in [2.45, 2.75) is 26.7 Å². The Morgan fingerprint density at radius 3 is 2.85 bits per heavy atom. The summed E-state index contributed by atoms with van der Waals surface area (Å²) in [5, 5.41) is 12.9. The first-order valence-electron chi connectivity index (χ1n) is 8.26. The molecule has 3 aromatic rings. The second-order valence-electron chi connectivity index (χ2n) is 6.13. The number of aromatic amines is 1. The Morgan fingerprint density at radius 2 is 2.08 bits per heavy atom. The summed E-state index contributed by atoms with van der Waals surface area (Å²) in [4.78, 5) is 31.1. The van der Waals surface area contributed by atoms with E-state index in [-0.39, 0.29) is 17.9 Å². The molecule has 0 aliphatic heterocycles. The zero-order valence-corrected chi connectivity index (χ0v) is 14.6. The van der Waals surface area contributed by atoms with E-state index in [1.807, 2.05) is 36.4 Å². The summed E-state index contributed by atoms with van der Waals surface area (Å²) in [7, 11) is 0. The van der Waals surface area contributed by atoms with Crippen molar-refractivity contribution in [2.75, 3.05) is 5.32 Å². The molecular formula is C20H18N4O2. The van der Waals surface area contributed by atoms with Crippen LogP contribution in [0.25, 0.3) is 10.9 Å². The van der Waals surface area contributed by atoms with Crippen LogP contribution in [0.5, 0.6) is 0 Å². The Kier molecular flexibility index (Phi) is 4.81. The molecule has 0 atom stereocenters. The molecule has 2 N–H and O–H groups in total. The standard InChI is InChI=1S/C20H18N4O2/c1-12-16(13(2)23-20(26)17(12)10-21)7-8-19(25)24-15-9-14-5-3-4-6-18(14)22-11-15/h3-6,9,11H,7-8H2,1-2H3,(H,23,26)(H,24,25). The number of anilines is 1. The number of para-hydroxylation sites is 1. The van der Waals surface area contributed by atoms with Crippen molar-refractivity contribution < 1.29 is 4.79 Å². The lowest BCUT2D eigenvalue weighted by molar-refractivity contribution is -0.116. The molecule has 1 amide bonds. The van der Waals surface area contributed by atoms with Crippen LogP contribution < -0.4 is 10.9 Å². The van der Waals surface area contributed by atoms with Crippen LogP contribution in [0.4, 0.5) is 5.69 Å². The quantitative estimate of drug-likeness (QED) is 0.758. The van der Waals surface area contributed by atoms with Gasteiger partial charge in [-0.05, 0) is 43.5 Å². The molecule has 0 aliphatic rings. The number of fused-ring (bicyclic) bond motifs is 1. The Balaban J connectivity index is 1.73. The Hall–Kier alpha value is -3.46. The molecule has 0 radical (unpaired) electrons. The molecule has 6 nitrogen and oxygen atoms in total. The number of carbonyl (C=O) groups is 1. The molecule has 3 rings (SSSR count). The van der Waals surface area contributed by atoms with Gasteiger partial charge in [0.05, 0.1) is 17.4 Å². The van der Waals surface area contributed by atoms with Crippen molar-refractivity contribution in [3.63, 3.8) is 0 Å². The number of nitriles is 1. The zero-order chi connectivity index (χ0) is 18.7. The minimum atomic E-state index is -0.391. The number of nitrogens with zero attached hydrogens (tertiary/aromatic N) is 2. The van der Waals surface area contributed by atoms with Crippen LogP contribution in [0.3, 0.4) is 0 Å². The number of rotatable bonds is 4. The number of amides is 1. The van der Waals surface area contributed by atoms with Crippen molar-refractivity contribution in [1.29, 1.82) is 5.26 Å². The van der Waals surface area contributed by atoms with Crippen LogP contribution in [0.1, 0.15) is 28.8 Å². The lowest BCUT2D eigenvalue weighted by Gasteiger charge is -2.11. The van der Waals surface area contributed by atoms with E-state index in [2.05, 4.69) is 15.3 Å². The summed E-state index contributed by atoms with van der Waals surface area (Å²) in [6.07, 6.45) is 2.31. The highest BCUT2D eigenvalue weighted by Crippen LogP contribution is 2.18. The van der Waals surface area contributed by atoms with Crippen LogP contribution in [0.15, 0.2) is 41.3 Å². The van der Waals surface area contributed by atoms with Gasteiger partial charge in [-0.15, -0.1) is 0 Å². The van der Waals surface area contributed by atoms with Crippen molar-refractivity contribution in [1.82, 2.24) is 9.97 Å². The third-order valence-electron chi connectivity index (χ3n) is 4.40. The van der Waals surface area contributed by atoms with Gasteiger partial charge in [0.15, 0.2) is 0 Å². The number of hydrogen-bond acceptors (Lipinski definition) is 4. The monoisotopic (exact) mass is 346 g/mol.